The van der Waals surface area contributed by atoms with Crippen LogP contribution in [0.4, 0.5) is 16.2 Å². The van der Waals surface area contributed by atoms with Gasteiger partial charge in [-0.1, -0.05) is 48.5 Å². The molecule has 38 heavy (non-hydrogen) atoms. The van der Waals surface area contributed by atoms with E-state index in [0.29, 0.717) is 0 Å². The van der Waals surface area contributed by atoms with Gasteiger partial charge in [-0.3, -0.25) is 20.2 Å². The van der Waals surface area contributed by atoms with Crippen LogP contribution in [0.3, 0.4) is 0 Å². The van der Waals surface area contributed by atoms with Crippen LogP contribution >= 0.6 is 0 Å². The molecule has 9 heteroatoms. The first kappa shape index (κ1) is 26.0. The second-order valence-corrected chi connectivity index (χ2v) is 8.62. The van der Waals surface area contributed by atoms with Gasteiger partial charge in [-0.15, -0.1) is 0 Å². The highest BCUT2D eigenvalue weighted by Gasteiger charge is 2.17. The third-order valence-electron chi connectivity index (χ3n) is 6.13. The average Bonchev–Trinajstić information content (AvgIpc) is 2.93. The molecule has 0 radical (unpaired) electrons. The molecule has 0 aromatic heterocycles. The highest BCUT2D eigenvalue weighted by Crippen LogP contribution is 2.28. The number of nitrogens with zero attached hydrogens (tertiary/aromatic N) is 2. The Morgan fingerprint density at radius 2 is 0.816 bits per heavy atom. The summed E-state index contributed by atoms with van der Waals surface area (Å²) in [5, 5.41) is 21.7. The van der Waals surface area contributed by atoms with Crippen molar-refractivity contribution in [1.82, 2.24) is 0 Å². The standard InChI is InChI=1S/C29H24N2O7/c1-19(21-3-7-23(8-4-21)25-11-15-27(16-12-25)30(33)34)37-29(32)38-20(2)22-5-9-24(10-6-22)26-13-17-28(18-14-26)31(35)36/h3-20H,1-2H3/t19-,20-/m1/s1. The molecular weight excluding hydrogens is 488 g/mol. The van der Waals surface area contributed by atoms with Crippen LogP contribution in [-0.2, 0) is 9.47 Å². The lowest BCUT2D eigenvalue weighted by Crippen LogP contribution is -2.13. The lowest BCUT2D eigenvalue weighted by atomic mass is 10.0. The largest absolute Gasteiger partial charge is 0.509 e. The summed E-state index contributed by atoms with van der Waals surface area (Å²) in [6.45, 7) is 3.48. The minimum atomic E-state index is -0.802. The Morgan fingerprint density at radius 1 is 0.553 bits per heavy atom. The lowest BCUT2D eigenvalue weighted by Gasteiger charge is -2.17. The van der Waals surface area contributed by atoms with Gasteiger partial charge in [0.2, 0.25) is 0 Å². The van der Waals surface area contributed by atoms with Gasteiger partial charge in [0, 0.05) is 24.3 Å². The molecule has 0 N–H and O–H groups in total. The Kier molecular flexibility index (Phi) is 7.77. The maximum atomic E-state index is 12.4. The van der Waals surface area contributed by atoms with Crippen LogP contribution in [-0.4, -0.2) is 16.0 Å². The third-order valence-corrected chi connectivity index (χ3v) is 6.13. The maximum Gasteiger partial charge on any atom is 0.509 e. The van der Waals surface area contributed by atoms with E-state index in [-0.39, 0.29) is 11.4 Å². The Hall–Kier alpha value is -5.05. The van der Waals surface area contributed by atoms with Crippen molar-refractivity contribution in [1.29, 1.82) is 0 Å². The zero-order chi connectivity index (χ0) is 27.2. The number of carbonyl (C=O) groups is 1. The lowest BCUT2D eigenvalue weighted by molar-refractivity contribution is -0.385. The van der Waals surface area contributed by atoms with Crippen LogP contribution in [0.15, 0.2) is 97.1 Å². The van der Waals surface area contributed by atoms with Crippen LogP contribution in [0.5, 0.6) is 0 Å². The smallest absolute Gasteiger partial charge is 0.426 e. The predicted molar refractivity (Wildman–Crippen MR) is 141 cm³/mol. The van der Waals surface area contributed by atoms with E-state index in [1.165, 1.54) is 24.3 Å². The van der Waals surface area contributed by atoms with Gasteiger partial charge < -0.3 is 9.47 Å². The summed E-state index contributed by atoms with van der Waals surface area (Å²) in [7, 11) is 0. The first-order chi connectivity index (χ1) is 18.2. The molecule has 0 aliphatic heterocycles. The van der Waals surface area contributed by atoms with Crippen molar-refractivity contribution in [2.45, 2.75) is 26.1 Å². The topological polar surface area (TPSA) is 122 Å². The molecule has 2 atom stereocenters. The number of benzene rings is 4. The van der Waals surface area contributed by atoms with Crippen molar-refractivity contribution in [3.8, 4) is 22.3 Å². The van der Waals surface area contributed by atoms with E-state index in [1.54, 1.807) is 38.1 Å². The summed E-state index contributed by atoms with van der Waals surface area (Å²) in [6.07, 6.45) is -1.90. The minimum absolute atomic E-state index is 0.0283. The fourth-order valence-corrected chi connectivity index (χ4v) is 3.90. The molecular formula is C29H24N2O7. The molecule has 0 unspecified atom stereocenters. The van der Waals surface area contributed by atoms with E-state index in [0.717, 1.165) is 33.4 Å². The van der Waals surface area contributed by atoms with Crippen molar-refractivity contribution in [3.05, 3.63) is 128 Å². The van der Waals surface area contributed by atoms with E-state index < -0.39 is 28.2 Å². The molecule has 4 aromatic carbocycles. The fraction of sp³-hybridized carbons (Fsp3) is 0.138. The fourth-order valence-electron chi connectivity index (χ4n) is 3.90. The number of hydrogen-bond acceptors (Lipinski definition) is 7. The monoisotopic (exact) mass is 512 g/mol. The summed E-state index contributed by atoms with van der Waals surface area (Å²) < 4.78 is 10.9. The number of nitro groups is 2. The predicted octanol–water partition coefficient (Wildman–Crippen LogP) is 7.81. The number of ether oxygens (including phenoxy) is 2. The van der Waals surface area contributed by atoms with Gasteiger partial charge in [0.15, 0.2) is 0 Å². The summed E-state index contributed by atoms with van der Waals surface area (Å²) in [6, 6.07) is 27.3. The Bertz CT molecular complexity index is 1320. The van der Waals surface area contributed by atoms with Gasteiger partial charge in [0.1, 0.15) is 12.2 Å². The quantitative estimate of drug-likeness (QED) is 0.134. The van der Waals surface area contributed by atoms with Gasteiger partial charge in [-0.25, -0.2) is 4.79 Å². The van der Waals surface area contributed by atoms with Gasteiger partial charge >= 0.3 is 6.16 Å². The molecule has 0 bridgehead atoms. The number of non-ortho nitro benzene ring substituents is 2. The molecule has 0 heterocycles. The van der Waals surface area contributed by atoms with Crippen LogP contribution in [0.25, 0.3) is 22.3 Å². The molecule has 0 aliphatic rings. The molecule has 0 saturated carbocycles. The van der Waals surface area contributed by atoms with Gasteiger partial charge in [0.25, 0.3) is 11.4 Å². The molecule has 0 amide bonds. The second kappa shape index (κ2) is 11.3. The summed E-state index contributed by atoms with van der Waals surface area (Å²) in [5.74, 6) is 0. The van der Waals surface area contributed by atoms with E-state index >= 15 is 0 Å². The highest BCUT2D eigenvalue weighted by atomic mass is 16.7. The number of rotatable bonds is 8. The minimum Gasteiger partial charge on any atom is -0.426 e. The van der Waals surface area contributed by atoms with Gasteiger partial charge in [-0.05, 0) is 71.5 Å². The van der Waals surface area contributed by atoms with E-state index in [4.69, 9.17) is 9.47 Å². The Morgan fingerprint density at radius 3 is 1.08 bits per heavy atom. The molecule has 0 spiro atoms. The molecule has 4 rings (SSSR count). The average molecular weight is 513 g/mol. The number of hydrogen-bond donors (Lipinski definition) is 0. The highest BCUT2D eigenvalue weighted by molar-refractivity contribution is 5.66. The van der Waals surface area contributed by atoms with Crippen LogP contribution in [0, 0.1) is 20.2 Å². The van der Waals surface area contributed by atoms with Crippen molar-refractivity contribution in [2.24, 2.45) is 0 Å². The Labute approximate surface area is 218 Å². The maximum absolute atomic E-state index is 12.4. The third kappa shape index (κ3) is 6.19. The van der Waals surface area contributed by atoms with Crippen molar-refractivity contribution >= 4 is 17.5 Å². The normalized spacial score (nSPS) is 12.3. The SMILES string of the molecule is C[C@@H](OC(=O)O[C@H](C)c1ccc(-c2ccc([N+](=O)[O-])cc2)cc1)c1ccc(-c2ccc([N+](=O)[O-])cc2)cc1. The first-order valence-electron chi connectivity index (χ1n) is 11.8. The van der Waals surface area contributed by atoms with Crippen molar-refractivity contribution in [2.75, 3.05) is 0 Å². The number of nitro benzene ring substituents is 2. The van der Waals surface area contributed by atoms with Gasteiger partial charge in [-0.2, -0.15) is 0 Å². The summed E-state index contributed by atoms with van der Waals surface area (Å²) in [5.41, 5.74) is 5.03. The Balaban J connectivity index is 1.33. The molecule has 192 valence electrons. The van der Waals surface area contributed by atoms with Crippen LogP contribution < -0.4 is 0 Å². The molecule has 0 aliphatic carbocycles. The molecule has 0 saturated heterocycles. The van der Waals surface area contributed by atoms with Gasteiger partial charge in [0.05, 0.1) is 9.85 Å². The second-order valence-electron chi connectivity index (χ2n) is 8.62. The molecule has 9 nitrogen and oxygen atoms in total. The molecule has 0 fully saturated rings. The van der Waals surface area contributed by atoms with Crippen molar-refractivity contribution in [3.63, 3.8) is 0 Å². The van der Waals surface area contributed by atoms with E-state index in [9.17, 15) is 25.0 Å². The van der Waals surface area contributed by atoms with E-state index in [1.807, 2.05) is 48.5 Å². The summed E-state index contributed by atoms with van der Waals surface area (Å²) in [4.78, 5) is 33.2. The van der Waals surface area contributed by atoms with Crippen LogP contribution in [0.2, 0.25) is 0 Å². The van der Waals surface area contributed by atoms with Crippen molar-refractivity contribution < 1.29 is 24.1 Å². The van der Waals surface area contributed by atoms with E-state index in [2.05, 4.69) is 0 Å². The zero-order valence-corrected chi connectivity index (χ0v) is 20.6. The summed E-state index contributed by atoms with van der Waals surface area (Å²) >= 11 is 0. The van der Waals surface area contributed by atoms with Crippen LogP contribution in [0.1, 0.15) is 37.2 Å². The zero-order valence-electron chi connectivity index (χ0n) is 20.6. The molecule has 4 aromatic rings. The first-order valence-corrected chi connectivity index (χ1v) is 11.8. The number of carbonyl (C=O) groups excluding carboxylic acids is 1.